The lowest BCUT2D eigenvalue weighted by atomic mass is 9.85. The molecule has 0 spiro atoms. The molecule has 5 nitrogen and oxygen atoms in total. The number of esters is 1. The van der Waals surface area contributed by atoms with Gasteiger partial charge in [-0.1, -0.05) is 99.6 Å². The summed E-state index contributed by atoms with van der Waals surface area (Å²) >= 11 is 0. The Balaban J connectivity index is 0.000000379. The van der Waals surface area contributed by atoms with Crippen molar-refractivity contribution in [1.29, 1.82) is 0 Å². The third-order valence-electron chi connectivity index (χ3n) is 5.11. The zero-order valence-corrected chi connectivity index (χ0v) is 19.9. The van der Waals surface area contributed by atoms with Gasteiger partial charge >= 0.3 is 11.9 Å². The summed E-state index contributed by atoms with van der Waals surface area (Å²) in [6.07, 6.45) is 3.04. The van der Waals surface area contributed by atoms with Crippen LogP contribution in [-0.2, 0) is 14.9 Å². The van der Waals surface area contributed by atoms with Crippen LogP contribution in [0, 0.1) is 0 Å². The summed E-state index contributed by atoms with van der Waals surface area (Å²) in [5.41, 5.74) is 2.95. The van der Waals surface area contributed by atoms with Crippen molar-refractivity contribution in [2.24, 2.45) is 0 Å². The summed E-state index contributed by atoms with van der Waals surface area (Å²) in [4.78, 5) is 34.6. The topological polar surface area (TPSA) is 80.7 Å². The fraction of sp³-hybridized carbons (Fsp3) is 0.207. The van der Waals surface area contributed by atoms with E-state index in [-0.39, 0.29) is 17.2 Å². The first-order chi connectivity index (χ1) is 16.1. The second-order valence-corrected chi connectivity index (χ2v) is 8.63. The van der Waals surface area contributed by atoms with E-state index in [0.717, 1.165) is 5.56 Å². The molecule has 0 saturated carbocycles. The van der Waals surface area contributed by atoms with Crippen LogP contribution in [0.1, 0.15) is 58.5 Å². The molecule has 0 heterocycles. The molecule has 0 amide bonds. The molecule has 3 aromatic rings. The summed E-state index contributed by atoms with van der Waals surface area (Å²) in [6.45, 7) is 6.41. The van der Waals surface area contributed by atoms with Crippen molar-refractivity contribution in [1.82, 2.24) is 0 Å². The fourth-order valence-electron chi connectivity index (χ4n) is 3.11. The number of ketones is 1. The summed E-state index contributed by atoms with van der Waals surface area (Å²) < 4.78 is 4.90. The Morgan fingerprint density at radius 2 is 1.29 bits per heavy atom. The minimum atomic E-state index is -0.879. The Hall–Kier alpha value is -3.99. The van der Waals surface area contributed by atoms with E-state index in [0.29, 0.717) is 11.1 Å². The maximum absolute atomic E-state index is 12.2. The first-order valence-corrected chi connectivity index (χ1v) is 10.9. The molecule has 34 heavy (non-hydrogen) atoms. The van der Waals surface area contributed by atoms with Crippen LogP contribution >= 0.6 is 0 Å². The average molecular weight is 459 g/mol. The van der Waals surface area contributed by atoms with Crippen molar-refractivity contribution >= 4 is 17.7 Å². The predicted molar refractivity (Wildman–Crippen MR) is 133 cm³/mol. The van der Waals surface area contributed by atoms with Gasteiger partial charge < -0.3 is 9.84 Å². The normalized spacial score (nSPS) is 11.8. The number of carbonyl (C=O) groups is 3. The van der Waals surface area contributed by atoms with Crippen molar-refractivity contribution < 1.29 is 24.2 Å². The lowest BCUT2D eigenvalue weighted by Gasteiger charge is -2.20. The average Bonchev–Trinajstić information content (AvgIpc) is 2.85. The second-order valence-electron chi connectivity index (χ2n) is 8.63. The number of hydrogen-bond donors (Lipinski definition) is 1. The van der Waals surface area contributed by atoms with Gasteiger partial charge in [-0.15, -0.1) is 0 Å². The highest BCUT2D eigenvalue weighted by Crippen LogP contribution is 2.26. The smallest absolute Gasteiger partial charge is 0.335 e. The Kier molecular flexibility index (Phi) is 9.50. The molecule has 0 radical (unpaired) electrons. The fourth-order valence-corrected chi connectivity index (χ4v) is 3.11. The first-order valence-electron chi connectivity index (χ1n) is 10.9. The number of carbonyl (C=O) groups excluding carboxylic acids is 2. The van der Waals surface area contributed by atoms with Crippen molar-refractivity contribution in [2.45, 2.75) is 32.1 Å². The number of rotatable bonds is 6. The van der Waals surface area contributed by atoms with E-state index in [1.165, 1.54) is 18.7 Å². The molecule has 1 N–H and O–H groups in total. The van der Waals surface area contributed by atoms with Crippen molar-refractivity contribution in [3.05, 3.63) is 119 Å². The molecule has 176 valence electrons. The largest absolute Gasteiger partial charge is 0.478 e. The number of benzene rings is 3. The first kappa shape index (κ1) is 26.3. The Bertz CT molecular complexity index is 1110. The minimum absolute atomic E-state index is 0.0401. The molecular weight excluding hydrogens is 428 g/mol. The van der Waals surface area contributed by atoms with Crippen LogP contribution in [0.2, 0.25) is 0 Å². The minimum Gasteiger partial charge on any atom is -0.478 e. The molecule has 3 rings (SSSR count). The SMILES string of the molecule is COC(=O)C(/C=C/C(=O)c1ccccc1)c1ccc(C(C)(C)C)cc1.O=C(O)c1ccccc1. The maximum atomic E-state index is 12.2. The Labute approximate surface area is 200 Å². The Morgan fingerprint density at radius 3 is 1.71 bits per heavy atom. The van der Waals surface area contributed by atoms with E-state index in [4.69, 9.17) is 9.84 Å². The van der Waals surface area contributed by atoms with E-state index in [2.05, 4.69) is 20.8 Å². The summed E-state index contributed by atoms with van der Waals surface area (Å²) in [5, 5.41) is 8.38. The number of allylic oxidation sites excluding steroid dienone is 1. The third kappa shape index (κ3) is 7.85. The number of methoxy groups -OCH3 is 1. The van der Waals surface area contributed by atoms with Crippen LogP contribution in [0.5, 0.6) is 0 Å². The molecule has 3 aromatic carbocycles. The lowest BCUT2D eigenvalue weighted by Crippen LogP contribution is -2.14. The quantitative estimate of drug-likeness (QED) is 0.276. The van der Waals surface area contributed by atoms with Crippen LogP contribution in [0.4, 0.5) is 0 Å². The van der Waals surface area contributed by atoms with E-state index >= 15 is 0 Å². The van der Waals surface area contributed by atoms with Gasteiger partial charge in [0, 0.05) is 5.56 Å². The van der Waals surface area contributed by atoms with Crippen molar-refractivity contribution in [2.75, 3.05) is 7.11 Å². The van der Waals surface area contributed by atoms with E-state index in [1.807, 2.05) is 42.5 Å². The van der Waals surface area contributed by atoms with Crippen molar-refractivity contribution in [3.63, 3.8) is 0 Å². The van der Waals surface area contributed by atoms with Crippen LogP contribution in [0.15, 0.2) is 97.1 Å². The van der Waals surface area contributed by atoms with Gasteiger partial charge in [-0.2, -0.15) is 0 Å². The maximum Gasteiger partial charge on any atom is 0.335 e. The van der Waals surface area contributed by atoms with Crippen molar-refractivity contribution in [3.8, 4) is 0 Å². The standard InChI is InChI=1S/C22H24O3.C7H6O2/c1-22(2,3)18-12-10-16(11-13-18)19(21(24)25-4)14-15-20(23)17-8-6-5-7-9-17;8-7(9)6-4-2-1-3-5-6/h5-15,19H,1-4H3;1-5H,(H,8,9)/b15-14+;. The second kappa shape index (κ2) is 12.3. The van der Waals surface area contributed by atoms with E-state index in [9.17, 15) is 14.4 Å². The molecular formula is C29H30O5. The zero-order chi connectivity index (χ0) is 25.1. The number of aromatic carboxylic acids is 1. The van der Waals surface area contributed by atoms with E-state index in [1.54, 1.807) is 48.5 Å². The number of carboxylic acid groups (broad SMARTS) is 1. The number of carboxylic acids is 1. The monoisotopic (exact) mass is 458 g/mol. The Morgan fingerprint density at radius 1 is 0.794 bits per heavy atom. The molecule has 0 aliphatic carbocycles. The molecule has 5 heteroatoms. The van der Waals surface area contributed by atoms with Crippen LogP contribution in [0.3, 0.4) is 0 Å². The van der Waals surface area contributed by atoms with Gasteiger partial charge in [0.15, 0.2) is 5.78 Å². The molecule has 0 fully saturated rings. The van der Waals surface area contributed by atoms with Crippen LogP contribution < -0.4 is 0 Å². The molecule has 0 saturated heterocycles. The zero-order valence-electron chi connectivity index (χ0n) is 19.9. The van der Waals surface area contributed by atoms with Gasteiger partial charge in [0.25, 0.3) is 0 Å². The number of hydrogen-bond acceptors (Lipinski definition) is 4. The predicted octanol–water partition coefficient (Wildman–Crippen LogP) is 6.06. The molecule has 0 bridgehead atoms. The van der Waals surface area contributed by atoms with Gasteiger partial charge in [-0.25, -0.2) is 4.79 Å². The van der Waals surface area contributed by atoms with E-state index < -0.39 is 11.9 Å². The van der Waals surface area contributed by atoms with Gasteiger partial charge in [-0.3, -0.25) is 9.59 Å². The van der Waals surface area contributed by atoms with Crippen LogP contribution in [0.25, 0.3) is 0 Å². The highest BCUT2D eigenvalue weighted by atomic mass is 16.5. The molecule has 0 aliphatic rings. The molecule has 1 unspecified atom stereocenters. The third-order valence-corrected chi connectivity index (χ3v) is 5.11. The van der Waals surface area contributed by atoms with Gasteiger partial charge in [0.05, 0.1) is 12.7 Å². The summed E-state index contributed by atoms with van der Waals surface area (Å²) in [5.74, 6) is -2.01. The molecule has 0 aliphatic heterocycles. The van der Waals surface area contributed by atoms with Crippen LogP contribution in [-0.4, -0.2) is 29.9 Å². The lowest BCUT2D eigenvalue weighted by molar-refractivity contribution is -0.141. The van der Waals surface area contributed by atoms with Gasteiger partial charge in [0.2, 0.25) is 0 Å². The number of ether oxygens (including phenoxy) is 1. The molecule has 1 atom stereocenters. The highest BCUT2D eigenvalue weighted by Gasteiger charge is 2.20. The molecule has 0 aromatic heterocycles. The highest BCUT2D eigenvalue weighted by molar-refractivity contribution is 6.04. The summed E-state index contributed by atoms with van der Waals surface area (Å²) in [7, 11) is 1.35. The van der Waals surface area contributed by atoms with Gasteiger partial charge in [-0.05, 0) is 34.8 Å². The van der Waals surface area contributed by atoms with Gasteiger partial charge in [0.1, 0.15) is 5.92 Å². The summed E-state index contributed by atoms with van der Waals surface area (Å²) in [6, 6.07) is 25.1.